The van der Waals surface area contributed by atoms with E-state index in [2.05, 4.69) is 0 Å². The zero-order chi connectivity index (χ0) is 25.1. The van der Waals surface area contributed by atoms with Crippen molar-refractivity contribution in [3.63, 3.8) is 0 Å². The lowest BCUT2D eigenvalue weighted by Crippen LogP contribution is -2.27. The van der Waals surface area contributed by atoms with Crippen molar-refractivity contribution in [2.45, 2.75) is 13.5 Å². The fourth-order valence-corrected chi connectivity index (χ4v) is 5.23. The van der Waals surface area contributed by atoms with Crippen LogP contribution in [0.2, 0.25) is 5.02 Å². The lowest BCUT2D eigenvalue weighted by molar-refractivity contribution is -0.123. The third kappa shape index (κ3) is 5.88. The smallest absolute Gasteiger partial charge is 0.343 e. The third-order valence-electron chi connectivity index (χ3n) is 5.10. The molecule has 178 valence electrons. The summed E-state index contributed by atoms with van der Waals surface area (Å²) in [6.07, 6.45) is 1.63. The molecule has 1 fully saturated rings. The Morgan fingerprint density at radius 2 is 1.89 bits per heavy atom. The molecule has 0 saturated carbocycles. The van der Waals surface area contributed by atoms with Crippen molar-refractivity contribution in [1.82, 2.24) is 4.90 Å². The molecule has 0 bridgehead atoms. The van der Waals surface area contributed by atoms with Crippen LogP contribution in [0, 0.1) is 10.5 Å². The molecule has 0 spiro atoms. The second-order valence-electron chi connectivity index (χ2n) is 7.69. The number of carbonyl (C=O) groups excluding carboxylic acids is 3. The minimum absolute atomic E-state index is 0.211. The van der Waals surface area contributed by atoms with Crippen LogP contribution in [0.4, 0.5) is 4.79 Å². The summed E-state index contributed by atoms with van der Waals surface area (Å²) in [5, 5.41) is 0.101. The average molecular weight is 620 g/mol. The van der Waals surface area contributed by atoms with Gasteiger partial charge >= 0.3 is 5.97 Å². The second kappa shape index (κ2) is 10.8. The zero-order valence-corrected chi connectivity index (χ0v) is 22.4. The Bertz CT molecular complexity index is 1370. The van der Waals surface area contributed by atoms with Crippen molar-refractivity contribution in [3.8, 4) is 11.5 Å². The summed E-state index contributed by atoms with van der Waals surface area (Å²) >= 11 is 8.89. The highest BCUT2D eigenvalue weighted by molar-refractivity contribution is 14.1. The number of aryl methyl sites for hydroxylation is 1. The number of rotatable bonds is 6. The molecule has 0 unspecified atom stereocenters. The Labute approximate surface area is 225 Å². The fourth-order valence-electron chi connectivity index (χ4n) is 3.47. The molecule has 3 aromatic rings. The van der Waals surface area contributed by atoms with Crippen molar-refractivity contribution in [2.24, 2.45) is 0 Å². The Hall–Kier alpha value is -2.82. The summed E-state index contributed by atoms with van der Waals surface area (Å²) in [5.74, 6) is -0.360. The number of hydrogen-bond acceptors (Lipinski definition) is 6. The van der Waals surface area contributed by atoms with Crippen LogP contribution in [-0.2, 0) is 11.3 Å². The molecular weight excluding hydrogens is 601 g/mol. The number of esters is 1. The average Bonchev–Trinajstić information content (AvgIpc) is 3.07. The highest BCUT2D eigenvalue weighted by Gasteiger charge is 2.35. The number of carbonyl (C=O) groups is 3. The van der Waals surface area contributed by atoms with E-state index in [-0.39, 0.29) is 23.4 Å². The molecular formula is C26H19ClINO5S. The zero-order valence-electron chi connectivity index (χ0n) is 18.7. The molecule has 4 rings (SSSR count). The van der Waals surface area contributed by atoms with Gasteiger partial charge in [0.25, 0.3) is 11.1 Å². The molecule has 1 saturated heterocycles. The summed E-state index contributed by atoms with van der Waals surface area (Å²) in [5.41, 5.74) is 2.88. The maximum atomic E-state index is 12.9. The van der Waals surface area contributed by atoms with Gasteiger partial charge in [0.05, 0.1) is 27.7 Å². The van der Waals surface area contributed by atoms with Crippen molar-refractivity contribution in [2.75, 3.05) is 7.11 Å². The van der Waals surface area contributed by atoms with E-state index in [1.165, 1.54) is 18.1 Å². The predicted octanol–water partition coefficient (Wildman–Crippen LogP) is 6.72. The normalized spacial score (nSPS) is 14.5. The molecule has 3 aromatic carbocycles. The molecule has 1 heterocycles. The summed E-state index contributed by atoms with van der Waals surface area (Å²) in [6, 6.07) is 17.5. The van der Waals surface area contributed by atoms with Crippen molar-refractivity contribution >= 4 is 69.1 Å². The lowest BCUT2D eigenvalue weighted by Gasteiger charge is -2.13. The van der Waals surface area contributed by atoms with Gasteiger partial charge in [-0.05, 0) is 88.8 Å². The number of amides is 2. The van der Waals surface area contributed by atoms with Crippen LogP contribution in [0.25, 0.3) is 6.08 Å². The van der Waals surface area contributed by atoms with Gasteiger partial charge in [-0.15, -0.1) is 0 Å². The van der Waals surface area contributed by atoms with Gasteiger partial charge in [-0.25, -0.2) is 4.79 Å². The maximum Gasteiger partial charge on any atom is 0.343 e. The Morgan fingerprint density at radius 3 is 2.60 bits per heavy atom. The number of halogens is 2. The van der Waals surface area contributed by atoms with Gasteiger partial charge in [0.15, 0.2) is 11.5 Å². The first kappa shape index (κ1) is 25.3. The fraction of sp³-hybridized carbons (Fsp3) is 0.115. The lowest BCUT2D eigenvalue weighted by atomic mass is 10.1. The maximum absolute atomic E-state index is 12.9. The van der Waals surface area contributed by atoms with Gasteiger partial charge in [0, 0.05) is 5.02 Å². The van der Waals surface area contributed by atoms with Crippen LogP contribution >= 0.6 is 46.0 Å². The molecule has 0 radical (unpaired) electrons. The second-order valence-corrected chi connectivity index (χ2v) is 10.3. The minimum Gasteiger partial charge on any atom is -0.493 e. The van der Waals surface area contributed by atoms with E-state index in [9.17, 15) is 14.4 Å². The van der Waals surface area contributed by atoms with E-state index in [0.717, 1.165) is 22.9 Å². The number of methoxy groups -OCH3 is 1. The molecule has 1 aliphatic rings. The van der Waals surface area contributed by atoms with E-state index >= 15 is 0 Å². The van der Waals surface area contributed by atoms with Gasteiger partial charge in [0.2, 0.25) is 0 Å². The van der Waals surface area contributed by atoms with E-state index in [0.29, 0.717) is 30.4 Å². The standard InChI is InChI=1S/C26H19ClINO5S/c1-15-5-3-6-16(9-15)14-29-24(30)22(35-26(29)32)12-17-10-20(28)23(21(11-17)33-2)34-25(31)18-7-4-8-19(27)13-18/h3-13H,14H2,1-2H3/b22-12-. The summed E-state index contributed by atoms with van der Waals surface area (Å²) in [6.45, 7) is 2.17. The minimum atomic E-state index is -0.575. The first-order valence-corrected chi connectivity index (χ1v) is 12.7. The summed E-state index contributed by atoms with van der Waals surface area (Å²) in [4.78, 5) is 39.6. The highest BCUT2D eigenvalue weighted by atomic mass is 127. The quantitative estimate of drug-likeness (QED) is 0.132. The largest absolute Gasteiger partial charge is 0.493 e. The predicted molar refractivity (Wildman–Crippen MR) is 145 cm³/mol. The molecule has 6 nitrogen and oxygen atoms in total. The highest BCUT2D eigenvalue weighted by Crippen LogP contribution is 2.38. The van der Waals surface area contributed by atoms with Crippen LogP contribution in [0.1, 0.15) is 27.0 Å². The molecule has 0 N–H and O–H groups in total. The Morgan fingerprint density at radius 1 is 1.11 bits per heavy atom. The van der Waals surface area contributed by atoms with Gasteiger partial charge in [-0.2, -0.15) is 0 Å². The van der Waals surface area contributed by atoms with Gasteiger partial charge in [-0.1, -0.05) is 47.5 Å². The Kier molecular flexibility index (Phi) is 7.83. The third-order valence-corrected chi connectivity index (χ3v) is 7.05. The van der Waals surface area contributed by atoms with E-state index in [4.69, 9.17) is 21.1 Å². The molecule has 0 atom stereocenters. The molecule has 2 amide bonds. The number of imide groups is 1. The molecule has 0 aliphatic carbocycles. The number of thioether (sulfide) groups is 1. The first-order chi connectivity index (χ1) is 16.7. The molecule has 35 heavy (non-hydrogen) atoms. The number of ether oxygens (including phenoxy) is 2. The van der Waals surface area contributed by atoms with Crippen LogP contribution in [-0.4, -0.2) is 29.1 Å². The first-order valence-electron chi connectivity index (χ1n) is 10.4. The van der Waals surface area contributed by atoms with E-state index in [1.54, 1.807) is 36.4 Å². The van der Waals surface area contributed by atoms with Crippen LogP contribution < -0.4 is 9.47 Å². The van der Waals surface area contributed by atoms with Crippen molar-refractivity contribution in [3.05, 3.63) is 96.4 Å². The van der Waals surface area contributed by atoms with Gasteiger partial charge in [-0.3, -0.25) is 14.5 Å². The molecule has 1 aliphatic heterocycles. The van der Waals surface area contributed by atoms with Gasteiger partial charge in [0.1, 0.15) is 0 Å². The van der Waals surface area contributed by atoms with Crippen LogP contribution in [0.3, 0.4) is 0 Å². The topological polar surface area (TPSA) is 72.9 Å². The number of benzene rings is 3. The molecule has 9 heteroatoms. The summed E-state index contributed by atoms with van der Waals surface area (Å²) < 4.78 is 11.6. The number of nitrogens with zero attached hydrogens (tertiary/aromatic N) is 1. The van der Waals surface area contributed by atoms with Gasteiger partial charge < -0.3 is 9.47 Å². The SMILES string of the molecule is COc1cc(/C=C2\SC(=O)N(Cc3cccc(C)c3)C2=O)cc(I)c1OC(=O)c1cccc(Cl)c1. The van der Waals surface area contributed by atoms with E-state index < -0.39 is 5.97 Å². The van der Waals surface area contributed by atoms with E-state index in [1.807, 2.05) is 53.8 Å². The van der Waals surface area contributed by atoms with Crippen LogP contribution in [0.5, 0.6) is 11.5 Å². The Balaban J connectivity index is 1.57. The number of hydrogen-bond donors (Lipinski definition) is 0. The summed E-state index contributed by atoms with van der Waals surface area (Å²) in [7, 11) is 1.46. The molecule has 0 aromatic heterocycles. The van der Waals surface area contributed by atoms with Crippen molar-refractivity contribution in [1.29, 1.82) is 0 Å². The monoisotopic (exact) mass is 619 g/mol. The van der Waals surface area contributed by atoms with Crippen LogP contribution in [0.15, 0.2) is 65.6 Å². The van der Waals surface area contributed by atoms with Crippen molar-refractivity contribution < 1.29 is 23.9 Å².